The minimum Gasteiger partial charge on any atom is -0.466 e. The van der Waals surface area contributed by atoms with E-state index in [9.17, 15) is 4.79 Å². The summed E-state index contributed by atoms with van der Waals surface area (Å²) in [4.78, 5) is 14.0. The summed E-state index contributed by atoms with van der Waals surface area (Å²) in [6, 6.07) is 8.83. The number of aryl methyl sites for hydroxylation is 1. The molecule has 2 aliphatic rings. The fraction of sp³-hybridized carbons (Fsp3) is 0.500. The Labute approximate surface area is 138 Å². The van der Waals surface area contributed by atoms with Crippen LogP contribution >= 0.6 is 12.4 Å². The Kier molecular flexibility index (Phi) is 6.04. The summed E-state index contributed by atoms with van der Waals surface area (Å²) in [5, 5.41) is 0. The molecule has 1 aromatic carbocycles. The summed E-state index contributed by atoms with van der Waals surface area (Å²) in [6.07, 6.45) is 6.64. The van der Waals surface area contributed by atoms with Crippen molar-refractivity contribution in [3.05, 3.63) is 47.0 Å². The molecule has 1 heterocycles. The largest absolute Gasteiger partial charge is 0.466 e. The summed E-state index contributed by atoms with van der Waals surface area (Å²) < 4.78 is 4.83. The minimum atomic E-state index is -0.175. The Morgan fingerprint density at radius 1 is 1.36 bits per heavy atom. The number of hydrogen-bond acceptors (Lipinski definition) is 3. The number of benzene rings is 1. The van der Waals surface area contributed by atoms with Crippen molar-refractivity contribution in [1.82, 2.24) is 4.90 Å². The zero-order valence-corrected chi connectivity index (χ0v) is 13.9. The number of ether oxygens (including phenoxy) is 1. The van der Waals surface area contributed by atoms with E-state index in [2.05, 4.69) is 29.2 Å². The molecule has 120 valence electrons. The molecule has 0 amide bonds. The smallest absolute Gasteiger partial charge is 0.334 e. The van der Waals surface area contributed by atoms with E-state index in [1.165, 1.54) is 31.9 Å². The normalized spacial score (nSPS) is 20.8. The van der Waals surface area contributed by atoms with Gasteiger partial charge >= 0.3 is 5.97 Å². The molecule has 0 radical (unpaired) electrons. The van der Waals surface area contributed by atoms with Gasteiger partial charge in [0, 0.05) is 18.7 Å². The maximum absolute atomic E-state index is 11.6. The SMILES string of the molecule is COC(=O)C1=CCCN(CCC2CCc3ccccc32)C1.Cl. The molecule has 0 fully saturated rings. The van der Waals surface area contributed by atoms with Crippen LogP contribution in [0.5, 0.6) is 0 Å². The van der Waals surface area contributed by atoms with Gasteiger partial charge in [0.1, 0.15) is 0 Å². The Morgan fingerprint density at radius 2 is 2.18 bits per heavy atom. The third-order valence-corrected chi connectivity index (χ3v) is 4.73. The van der Waals surface area contributed by atoms with Crippen LogP contribution in [0, 0.1) is 0 Å². The Morgan fingerprint density at radius 3 is 3.00 bits per heavy atom. The molecular weight excluding hydrogens is 298 g/mol. The number of halogens is 1. The van der Waals surface area contributed by atoms with Gasteiger partial charge in [0.05, 0.1) is 7.11 Å². The molecule has 1 atom stereocenters. The molecule has 1 aliphatic heterocycles. The van der Waals surface area contributed by atoms with Gasteiger partial charge in [0.2, 0.25) is 0 Å². The monoisotopic (exact) mass is 321 g/mol. The van der Waals surface area contributed by atoms with E-state index in [1.807, 2.05) is 6.08 Å². The van der Waals surface area contributed by atoms with Crippen LogP contribution in [0.4, 0.5) is 0 Å². The first kappa shape index (κ1) is 17.0. The van der Waals surface area contributed by atoms with Crippen LogP contribution in [-0.4, -0.2) is 37.6 Å². The van der Waals surface area contributed by atoms with E-state index in [1.54, 1.807) is 5.56 Å². The highest BCUT2D eigenvalue weighted by atomic mass is 35.5. The zero-order chi connectivity index (χ0) is 14.7. The first-order valence-corrected chi connectivity index (χ1v) is 7.85. The number of carbonyl (C=O) groups is 1. The van der Waals surface area contributed by atoms with Crippen molar-refractivity contribution >= 4 is 18.4 Å². The van der Waals surface area contributed by atoms with Crippen LogP contribution in [0.1, 0.15) is 36.3 Å². The number of rotatable bonds is 4. The summed E-state index contributed by atoms with van der Waals surface area (Å²) >= 11 is 0. The molecule has 3 rings (SSSR count). The van der Waals surface area contributed by atoms with Gasteiger partial charge in [-0.2, -0.15) is 0 Å². The molecule has 1 aliphatic carbocycles. The van der Waals surface area contributed by atoms with Crippen LogP contribution in [0.2, 0.25) is 0 Å². The molecule has 1 unspecified atom stereocenters. The van der Waals surface area contributed by atoms with Crippen molar-refractivity contribution in [1.29, 1.82) is 0 Å². The number of esters is 1. The molecule has 3 nitrogen and oxygen atoms in total. The van der Waals surface area contributed by atoms with Gasteiger partial charge in [-0.25, -0.2) is 4.79 Å². The maximum atomic E-state index is 11.6. The van der Waals surface area contributed by atoms with Crippen molar-refractivity contribution in [2.24, 2.45) is 0 Å². The summed E-state index contributed by atoms with van der Waals surface area (Å²) in [7, 11) is 1.46. The van der Waals surface area contributed by atoms with Crippen molar-refractivity contribution in [2.45, 2.75) is 31.6 Å². The average Bonchev–Trinajstić information content (AvgIpc) is 2.95. The fourth-order valence-corrected chi connectivity index (χ4v) is 3.56. The van der Waals surface area contributed by atoms with Gasteiger partial charge < -0.3 is 4.74 Å². The first-order chi connectivity index (χ1) is 10.3. The third kappa shape index (κ3) is 3.71. The Hall–Kier alpha value is -1.32. The Balaban J connectivity index is 0.00000176. The van der Waals surface area contributed by atoms with Gasteiger partial charge in [0.25, 0.3) is 0 Å². The molecule has 0 N–H and O–H groups in total. The predicted molar refractivity (Wildman–Crippen MR) is 90.5 cm³/mol. The molecule has 0 saturated heterocycles. The lowest BCUT2D eigenvalue weighted by Gasteiger charge is -2.27. The molecule has 0 bridgehead atoms. The van der Waals surface area contributed by atoms with Gasteiger partial charge in [-0.05, 0) is 49.3 Å². The summed E-state index contributed by atoms with van der Waals surface area (Å²) in [5.74, 6) is 0.514. The van der Waals surface area contributed by atoms with E-state index in [0.29, 0.717) is 5.92 Å². The van der Waals surface area contributed by atoms with E-state index < -0.39 is 0 Å². The van der Waals surface area contributed by atoms with Gasteiger partial charge in [-0.1, -0.05) is 30.3 Å². The van der Waals surface area contributed by atoms with Crippen LogP contribution in [0.3, 0.4) is 0 Å². The first-order valence-electron chi connectivity index (χ1n) is 7.85. The number of nitrogens with zero attached hydrogens (tertiary/aromatic N) is 1. The van der Waals surface area contributed by atoms with Crippen molar-refractivity contribution in [3.8, 4) is 0 Å². The van der Waals surface area contributed by atoms with E-state index in [0.717, 1.165) is 31.6 Å². The second-order valence-corrected chi connectivity index (χ2v) is 6.01. The molecule has 4 heteroatoms. The number of methoxy groups -OCH3 is 1. The lowest BCUT2D eigenvalue weighted by Crippen LogP contribution is -2.33. The topological polar surface area (TPSA) is 29.5 Å². The van der Waals surface area contributed by atoms with Crippen molar-refractivity contribution in [3.63, 3.8) is 0 Å². The molecule has 22 heavy (non-hydrogen) atoms. The van der Waals surface area contributed by atoms with E-state index in [-0.39, 0.29) is 18.4 Å². The molecular formula is C18H24ClNO2. The van der Waals surface area contributed by atoms with Crippen LogP contribution in [-0.2, 0) is 16.0 Å². The standard InChI is InChI=1S/C18H23NO2.ClH/c1-21-18(20)16-6-4-11-19(13-16)12-10-15-9-8-14-5-2-3-7-17(14)15;/h2-3,5-7,15H,4,8-13H2,1H3;1H. The fourth-order valence-electron chi connectivity index (χ4n) is 3.56. The predicted octanol–water partition coefficient (Wildman–Crippen LogP) is 3.33. The zero-order valence-electron chi connectivity index (χ0n) is 13.1. The summed E-state index contributed by atoms with van der Waals surface area (Å²) in [6.45, 7) is 2.85. The number of carbonyl (C=O) groups excluding carboxylic acids is 1. The third-order valence-electron chi connectivity index (χ3n) is 4.73. The van der Waals surface area contributed by atoms with Gasteiger partial charge in [-0.15, -0.1) is 12.4 Å². The highest BCUT2D eigenvalue weighted by Crippen LogP contribution is 2.35. The maximum Gasteiger partial charge on any atom is 0.334 e. The van der Waals surface area contributed by atoms with Gasteiger partial charge in [0.15, 0.2) is 0 Å². The van der Waals surface area contributed by atoms with Crippen LogP contribution in [0.25, 0.3) is 0 Å². The minimum absolute atomic E-state index is 0. The lowest BCUT2D eigenvalue weighted by atomic mass is 9.97. The highest BCUT2D eigenvalue weighted by Gasteiger charge is 2.24. The lowest BCUT2D eigenvalue weighted by molar-refractivity contribution is -0.136. The van der Waals surface area contributed by atoms with Crippen molar-refractivity contribution < 1.29 is 9.53 Å². The second kappa shape index (κ2) is 7.80. The van der Waals surface area contributed by atoms with E-state index >= 15 is 0 Å². The Bertz CT molecular complexity index is 556. The van der Waals surface area contributed by atoms with Gasteiger partial charge in [-0.3, -0.25) is 4.90 Å². The van der Waals surface area contributed by atoms with Crippen LogP contribution in [0.15, 0.2) is 35.9 Å². The second-order valence-electron chi connectivity index (χ2n) is 6.01. The molecule has 0 spiro atoms. The summed E-state index contributed by atoms with van der Waals surface area (Å²) in [5.41, 5.74) is 3.88. The molecule has 0 saturated carbocycles. The molecule has 1 aromatic rings. The number of fused-ring (bicyclic) bond motifs is 1. The van der Waals surface area contributed by atoms with Crippen molar-refractivity contribution in [2.75, 3.05) is 26.7 Å². The van der Waals surface area contributed by atoms with E-state index in [4.69, 9.17) is 4.74 Å². The quantitative estimate of drug-likeness (QED) is 0.797. The molecule has 0 aromatic heterocycles. The number of hydrogen-bond donors (Lipinski definition) is 0. The van der Waals surface area contributed by atoms with Crippen LogP contribution < -0.4 is 0 Å². The highest BCUT2D eigenvalue weighted by molar-refractivity contribution is 5.88. The average molecular weight is 322 g/mol.